The molecule has 38 heavy (non-hydrogen) atoms. The summed E-state index contributed by atoms with van der Waals surface area (Å²) in [5, 5.41) is 23.5. The van der Waals surface area contributed by atoms with E-state index < -0.39 is 12.2 Å². The van der Waals surface area contributed by atoms with Crippen LogP contribution in [0.15, 0.2) is 32.0 Å². The molecule has 2 aliphatic heterocycles. The quantitative estimate of drug-likeness (QED) is 0.150. The fourth-order valence-corrected chi connectivity index (χ4v) is 10.3. The van der Waals surface area contributed by atoms with Crippen molar-refractivity contribution in [1.29, 1.82) is 0 Å². The van der Waals surface area contributed by atoms with Gasteiger partial charge < -0.3 is 19.3 Å². The van der Waals surface area contributed by atoms with Crippen LogP contribution in [0.4, 0.5) is 0 Å². The van der Waals surface area contributed by atoms with Crippen LogP contribution < -0.4 is 0 Å². The van der Waals surface area contributed by atoms with Crippen molar-refractivity contribution in [2.45, 2.75) is 122 Å². The molecule has 0 spiro atoms. The second-order valence-electron chi connectivity index (χ2n) is 11.8. The normalized spacial score (nSPS) is 16.9. The maximum atomic E-state index is 10.8. The molecule has 0 amide bonds. The zero-order chi connectivity index (χ0) is 27.8. The number of pyridine rings is 2. The molecule has 0 saturated heterocycles. The Morgan fingerprint density at radius 1 is 0.763 bits per heavy atom. The predicted octanol–water partition coefficient (Wildman–Crippen LogP) is 7.86. The highest BCUT2D eigenvalue weighted by Crippen LogP contribution is 2.40. The van der Waals surface area contributed by atoms with Crippen molar-refractivity contribution in [3.8, 4) is 0 Å². The van der Waals surface area contributed by atoms with Gasteiger partial charge in [-0.25, -0.2) is 0 Å². The van der Waals surface area contributed by atoms with Crippen molar-refractivity contribution in [2.24, 2.45) is 0 Å². The minimum absolute atomic E-state index is 0.252. The molecule has 2 aromatic rings. The summed E-state index contributed by atoms with van der Waals surface area (Å²) in [6, 6.07) is 4.20. The lowest BCUT2D eigenvalue weighted by molar-refractivity contribution is 0.0877. The van der Waals surface area contributed by atoms with E-state index in [-0.39, 0.29) is 11.1 Å². The van der Waals surface area contributed by atoms with Gasteiger partial charge in [0.15, 0.2) is 0 Å². The summed E-state index contributed by atoms with van der Waals surface area (Å²) in [7, 11) is 0. The lowest BCUT2D eigenvalue weighted by atomic mass is 9.91. The van der Waals surface area contributed by atoms with Gasteiger partial charge in [-0.05, 0) is 102 Å². The molecule has 0 radical (unpaired) electrons. The Bertz CT molecular complexity index is 1200. The van der Waals surface area contributed by atoms with E-state index >= 15 is 0 Å². The zero-order valence-corrected chi connectivity index (χ0v) is 27.8. The van der Waals surface area contributed by atoms with Gasteiger partial charge in [0.25, 0.3) is 0 Å². The minimum Gasteiger partial charge on any atom is -0.393 e. The van der Waals surface area contributed by atoms with E-state index in [1.54, 1.807) is 0 Å². The molecular weight excluding hydrogens is 589 g/mol. The SMILES string of the molecule is CC(C)(CCC(O)CCC(O)CCC(C)(C)n1c(S)c2c(cc1=S)SCC2)n1c(S)c2c(cc1=S)SCC2. The van der Waals surface area contributed by atoms with Gasteiger partial charge in [-0.2, -0.15) is 0 Å². The fraction of sp³-hybridized carbons (Fsp3) is 0.643. The molecule has 4 heterocycles. The lowest BCUT2D eigenvalue weighted by Gasteiger charge is -2.33. The number of rotatable bonds is 11. The van der Waals surface area contributed by atoms with E-state index in [4.69, 9.17) is 49.7 Å². The number of hydrogen-bond donors (Lipinski definition) is 4. The Labute approximate surface area is 257 Å². The first-order chi connectivity index (χ1) is 17.8. The molecule has 0 bridgehead atoms. The highest BCUT2D eigenvalue weighted by atomic mass is 32.2. The van der Waals surface area contributed by atoms with Crippen molar-refractivity contribution >= 4 is 73.2 Å². The lowest BCUT2D eigenvalue weighted by Crippen LogP contribution is -2.31. The van der Waals surface area contributed by atoms with Crippen LogP contribution in [0.2, 0.25) is 0 Å². The van der Waals surface area contributed by atoms with Crippen molar-refractivity contribution in [3.05, 3.63) is 32.5 Å². The van der Waals surface area contributed by atoms with Crippen molar-refractivity contribution in [3.63, 3.8) is 0 Å². The topological polar surface area (TPSA) is 50.3 Å². The highest BCUT2D eigenvalue weighted by molar-refractivity contribution is 8.00. The standard InChI is InChI=1S/C28H40N2O2S6/c1-27(2,29-23(33)15-21-19(25(29)35)9-13-37-21)11-7-17(31)5-6-18(32)8-12-28(3,4)30-24(34)16-22-20(26(30)36)10-14-38-22/h15-18,31-32,35-36H,5-14H2,1-4H3. The summed E-state index contributed by atoms with van der Waals surface area (Å²) >= 11 is 24.8. The molecule has 4 rings (SSSR count). The molecule has 0 aromatic carbocycles. The Morgan fingerprint density at radius 3 is 1.50 bits per heavy atom. The Hall–Kier alpha value is 0.0600. The minimum atomic E-state index is -0.466. The average molecular weight is 629 g/mol. The summed E-state index contributed by atoms with van der Waals surface area (Å²) in [6.07, 6.45) is 5.13. The zero-order valence-electron chi connectivity index (χ0n) is 22.7. The van der Waals surface area contributed by atoms with Crippen LogP contribution in [0.1, 0.15) is 77.3 Å². The Balaban J connectivity index is 1.29. The van der Waals surface area contributed by atoms with Gasteiger partial charge in [0.1, 0.15) is 9.28 Å². The molecule has 210 valence electrons. The number of hydrogen-bond acceptors (Lipinski definition) is 8. The van der Waals surface area contributed by atoms with Gasteiger partial charge in [-0.3, -0.25) is 0 Å². The van der Waals surface area contributed by atoms with E-state index in [1.165, 1.54) is 20.9 Å². The number of nitrogens with zero attached hydrogens (tertiary/aromatic N) is 2. The Morgan fingerprint density at radius 2 is 1.13 bits per heavy atom. The monoisotopic (exact) mass is 628 g/mol. The van der Waals surface area contributed by atoms with Crippen LogP contribution in [0.5, 0.6) is 0 Å². The number of thioether (sulfide) groups is 2. The third kappa shape index (κ3) is 6.75. The van der Waals surface area contributed by atoms with E-state index in [0.29, 0.717) is 25.7 Å². The summed E-state index contributed by atoms with van der Waals surface area (Å²) in [5.74, 6) is 2.16. The molecule has 0 saturated carbocycles. The molecule has 2 atom stereocenters. The number of thiol groups is 2. The van der Waals surface area contributed by atoms with Crippen LogP contribution in [-0.2, 0) is 23.9 Å². The van der Waals surface area contributed by atoms with E-state index in [1.807, 2.05) is 23.5 Å². The molecule has 4 nitrogen and oxygen atoms in total. The summed E-state index contributed by atoms with van der Waals surface area (Å²) < 4.78 is 5.90. The number of fused-ring (bicyclic) bond motifs is 2. The van der Waals surface area contributed by atoms with Crippen molar-refractivity contribution < 1.29 is 10.2 Å². The van der Waals surface area contributed by atoms with Crippen molar-refractivity contribution in [1.82, 2.24) is 9.13 Å². The van der Waals surface area contributed by atoms with Gasteiger partial charge in [0, 0.05) is 32.4 Å². The molecule has 2 unspecified atom stereocenters. The van der Waals surface area contributed by atoms with Crippen molar-refractivity contribution in [2.75, 3.05) is 11.5 Å². The maximum absolute atomic E-state index is 10.8. The van der Waals surface area contributed by atoms with Gasteiger partial charge in [-0.15, -0.1) is 48.8 Å². The highest BCUT2D eigenvalue weighted by Gasteiger charge is 2.29. The summed E-state index contributed by atoms with van der Waals surface area (Å²) in [4.78, 5) is 2.51. The summed E-state index contributed by atoms with van der Waals surface area (Å²) in [6.45, 7) is 8.66. The van der Waals surface area contributed by atoms with Crippen LogP contribution in [0.25, 0.3) is 0 Å². The molecule has 2 aliphatic rings. The van der Waals surface area contributed by atoms with Gasteiger partial charge in [0.05, 0.1) is 22.3 Å². The molecule has 10 heteroatoms. The second kappa shape index (κ2) is 12.5. The van der Waals surface area contributed by atoms with Crippen LogP contribution in [0, 0.1) is 9.28 Å². The van der Waals surface area contributed by atoms with E-state index in [9.17, 15) is 10.2 Å². The van der Waals surface area contributed by atoms with Gasteiger partial charge in [-0.1, -0.05) is 24.4 Å². The first-order valence-electron chi connectivity index (χ1n) is 13.4. The average Bonchev–Trinajstić information content (AvgIpc) is 3.49. The first-order valence-corrected chi connectivity index (χ1v) is 17.1. The molecule has 2 N–H and O–H groups in total. The first kappa shape index (κ1) is 31.0. The summed E-state index contributed by atoms with van der Waals surface area (Å²) in [5.41, 5.74) is 2.07. The number of aromatic nitrogens is 2. The third-order valence-electron chi connectivity index (χ3n) is 7.95. The molecular formula is C28H40N2O2S6. The smallest absolute Gasteiger partial charge is 0.108 e. The predicted molar refractivity (Wildman–Crippen MR) is 172 cm³/mol. The van der Waals surface area contributed by atoms with E-state index in [0.717, 1.165) is 56.5 Å². The largest absolute Gasteiger partial charge is 0.393 e. The van der Waals surface area contributed by atoms with E-state index in [2.05, 4.69) is 49.0 Å². The second-order valence-corrected chi connectivity index (χ2v) is 15.7. The maximum Gasteiger partial charge on any atom is 0.108 e. The molecule has 0 aliphatic carbocycles. The van der Waals surface area contributed by atoms with Crippen LogP contribution >= 0.6 is 73.2 Å². The Kier molecular flexibility index (Phi) is 10.2. The fourth-order valence-electron chi connectivity index (χ4n) is 5.59. The number of aliphatic hydroxyl groups is 2. The van der Waals surface area contributed by atoms with Crippen LogP contribution in [0.3, 0.4) is 0 Å². The van der Waals surface area contributed by atoms with Gasteiger partial charge >= 0.3 is 0 Å². The van der Waals surface area contributed by atoms with Crippen LogP contribution in [-0.4, -0.2) is 43.1 Å². The number of aliphatic hydroxyl groups excluding tert-OH is 2. The third-order valence-corrected chi connectivity index (χ3v) is 11.7. The molecule has 0 fully saturated rings. The van der Waals surface area contributed by atoms with Gasteiger partial charge in [0.2, 0.25) is 0 Å². The molecule has 2 aromatic heterocycles.